The van der Waals surface area contributed by atoms with Gasteiger partial charge in [0.2, 0.25) is 0 Å². The van der Waals surface area contributed by atoms with Crippen LogP contribution >= 0.6 is 22.6 Å². The van der Waals surface area contributed by atoms with Crippen LogP contribution in [0.15, 0.2) is 12.3 Å². The first-order valence-electron chi connectivity index (χ1n) is 3.02. The van der Waals surface area contributed by atoms with E-state index in [1.165, 1.54) is 0 Å². The number of halogens is 1. The molecule has 10 heavy (non-hydrogen) atoms. The van der Waals surface area contributed by atoms with Crippen molar-refractivity contribution in [2.45, 2.75) is 13.2 Å². The zero-order valence-electron chi connectivity index (χ0n) is 5.55. The Morgan fingerprint density at radius 1 is 1.70 bits per heavy atom. The summed E-state index contributed by atoms with van der Waals surface area (Å²) in [5.74, 6) is 0. The lowest BCUT2D eigenvalue weighted by Crippen LogP contribution is -1.97. The summed E-state index contributed by atoms with van der Waals surface area (Å²) in [7, 11) is 0. The number of hydrogen-bond acceptors (Lipinski definition) is 1. The molecule has 0 saturated heterocycles. The van der Waals surface area contributed by atoms with Crippen LogP contribution in [-0.4, -0.2) is 9.67 Å². The molecule has 0 fully saturated rings. The van der Waals surface area contributed by atoms with Gasteiger partial charge >= 0.3 is 0 Å². The van der Waals surface area contributed by atoms with E-state index in [9.17, 15) is 0 Å². The van der Waals surface area contributed by atoms with Crippen molar-refractivity contribution in [1.29, 1.82) is 0 Å². The summed E-state index contributed by atoms with van der Waals surface area (Å²) in [6.45, 7) is 4.50. The lowest BCUT2D eigenvalue weighted by Gasteiger charge is -2.00. The lowest BCUT2D eigenvalue weighted by molar-refractivity contribution is 0.271. The smallest absolute Gasteiger partial charge is 0.0833 e. The molecule has 1 aromatic heterocycles. The quantitative estimate of drug-likeness (QED) is 0.789. The Hall–Kier alpha value is -0.0300. The van der Waals surface area contributed by atoms with Crippen molar-refractivity contribution in [3.05, 3.63) is 28.5 Å². The van der Waals surface area contributed by atoms with E-state index in [2.05, 4.69) is 29.5 Å². The monoisotopic (exact) mass is 250 g/mol. The van der Waals surface area contributed by atoms with Gasteiger partial charge < -0.3 is 9.67 Å². The molecule has 1 heterocycles. The summed E-state index contributed by atoms with van der Waals surface area (Å²) >= 11 is 2.21. The SMILES string of the molecule is [CH2]Cn1cc(I)cc1CO. The standard InChI is InChI=1S/C7H9INO/c1-2-9-4-6(8)3-7(9)5-10/h3-4,10H,1-2,5H2. The van der Waals surface area contributed by atoms with Crippen LogP contribution in [0.3, 0.4) is 0 Å². The zero-order valence-corrected chi connectivity index (χ0v) is 7.71. The van der Waals surface area contributed by atoms with Crippen molar-refractivity contribution in [3.63, 3.8) is 0 Å². The van der Waals surface area contributed by atoms with Gasteiger partial charge in [0.1, 0.15) is 0 Å². The second kappa shape index (κ2) is 3.39. The molecule has 0 aliphatic carbocycles. The molecule has 1 N–H and O–H groups in total. The minimum atomic E-state index is 0.0958. The molecule has 2 nitrogen and oxygen atoms in total. The van der Waals surface area contributed by atoms with Gasteiger partial charge in [-0.1, -0.05) is 0 Å². The fourth-order valence-electron chi connectivity index (χ4n) is 0.856. The van der Waals surface area contributed by atoms with Gasteiger partial charge in [-0.05, 0) is 35.6 Å². The summed E-state index contributed by atoms with van der Waals surface area (Å²) in [5.41, 5.74) is 0.930. The van der Waals surface area contributed by atoms with E-state index < -0.39 is 0 Å². The molecular weight excluding hydrogens is 241 g/mol. The van der Waals surface area contributed by atoms with Crippen LogP contribution in [-0.2, 0) is 13.2 Å². The number of hydrogen-bond donors (Lipinski definition) is 1. The highest BCUT2D eigenvalue weighted by Crippen LogP contribution is 2.10. The van der Waals surface area contributed by atoms with E-state index in [-0.39, 0.29) is 6.61 Å². The number of aromatic nitrogens is 1. The Morgan fingerprint density at radius 2 is 2.40 bits per heavy atom. The minimum absolute atomic E-state index is 0.0958. The van der Waals surface area contributed by atoms with Gasteiger partial charge in [0, 0.05) is 22.0 Å². The Balaban J connectivity index is 2.96. The van der Waals surface area contributed by atoms with Crippen molar-refractivity contribution < 1.29 is 5.11 Å². The molecular formula is C7H9INO. The summed E-state index contributed by atoms with van der Waals surface area (Å²) in [6, 6.07) is 1.95. The van der Waals surface area contributed by atoms with Gasteiger partial charge in [0.25, 0.3) is 0 Å². The number of aliphatic hydroxyl groups is 1. The second-order valence-electron chi connectivity index (χ2n) is 2.00. The molecule has 0 atom stereocenters. The van der Waals surface area contributed by atoms with Crippen LogP contribution in [0.1, 0.15) is 5.69 Å². The van der Waals surface area contributed by atoms with E-state index in [1.807, 2.05) is 16.8 Å². The fourth-order valence-corrected chi connectivity index (χ4v) is 1.55. The van der Waals surface area contributed by atoms with E-state index >= 15 is 0 Å². The second-order valence-corrected chi connectivity index (χ2v) is 3.25. The summed E-state index contributed by atoms with van der Waals surface area (Å²) < 4.78 is 3.08. The summed E-state index contributed by atoms with van der Waals surface area (Å²) in [4.78, 5) is 0. The fraction of sp³-hybridized carbons (Fsp3) is 0.286. The maximum Gasteiger partial charge on any atom is 0.0833 e. The third-order valence-corrected chi connectivity index (χ3v) is 1.95. The van der Waals surface area contributed by atoms with Crippen molar-refractivity contribution in [1.82, 2.24) is 4.57 Å². The van der Waals surface area contributed by atoms with Gasteiger partial charge in [-0.3, -0.25) is 0 Å². The number of nitrogens with zero attached hydrogens (tertiary/aromatic N) is 1. The minimum Gasteiger partial charge on any atom is -0.390 e. The molecule has 1 aromatic rings. The normalized spacial score (nSPS) is 10.3. The van der Waals surface area contributed by atoms with Crippen LogP contribution in [0.4, 0.5) is 0 Å². The molecule has 0 spiro atoms. The highest BCUT2D eigenvalue weighted by atomic mass is 127. The van der Waals surface area contributed by atoms with E-state index in [0.29, 0.717) is 6.54 Å². The third kappa shape index (κ3) is 1.52. The third-order valence-electron chi connectivity index (χ3n) is 1.36. The number of aliphatic hydroxyl groups excluding tert-OH is 1. The average molecular weight is 250 g/mol. The van der Waals surface area contributed by atoms with Crippen molar-refractivity contribution in [2.75, 3.05) is 0 Å². The number of rotatable bonds is 2. The Bertz CT molecular complexity index is 198. The Labute approximate surface area is 74.0 Å². The molecule has 0 amide bonds. The highest BCUT2D eigenvalue weighted by molar-refractivity contribution is 14.1. The Kier molecular flexibility index (Phi) is 2.73. The molecule has 0 saturated carbocycles. The van der Waals surface area contributed by atoms with Gasteiger partial charge in [0.15, 0.2) is 0 Å². The summed E-state index contributed by atoms with van der Waals surface area (Å²) in [6.07, 6.45) is 1.97. The highest BCUT2D eigenvalue weighted by Gasteiger charge is 1.99. The van der Waals surface area contributed by atoms with E-state index in [1.54, 1.807) is 0 Å². The van der Waals surface area contributed by atoms with Gasteiger partial charge in [0.05, 0.1) is 6.61 Å². The van der Waals surface area contributed by atoms with E-state index in [0.717, 1.165) is 9.26 Å². The predicted octanol–water partition coefficient (Wildman–Crippen LogP) is 1.42. The molecule has 0 aliphatic rings. The molecule has 0 bridgehead atoms. The van der Waals surface area contributed by atoms with Crippen molar-refractivity contribution in [3.8, 4) is 0 Å². The van der Waals surface area contributed by atoms with Gasteiger partial charge in [-0.25, -0.2) is 0 Å². The molecule has 0 unspecified atom stereocenters. The van der Waals surface area contributed by atoms with Crippen LogP contribution in [0.5, 0.6) is 0 Å². The Morgan fingerprint density at radius 3 is 2.80 bits per heavy atom. The van der Waals surface area contributed by atoms with Crippen molar-refractivity contribution >= 4 is 22.6 Å². The van der Waals surface area contributed by atoms with Crippen molar-refractivity contribution in [2.24, 2.45) is 0 Å². The van der Waals surface area contributed by atoms with Crippen LogP contribution in [0, 0.1) is 10.5 Å². The first kappa shape index (κ1) is 8.07. The molecule has 1 radical (unpaired) electrons. The molecule has 0 aromatic carbocycles. The molecule has 3 heteroatoms. The van der Waals surface area contributed by atoms with Crippen LogP contribution in [0.2, 0.25) is 0 Å². The van der Waals surface area contributed by atoms with E-state index in [4.69, 9.17) is 5.11 Å². The van der Waals surface area contributed by atoms with Gasteiger partial charge in [-0.2, -0.15) is 0 Å². The topological polar surface area (TPSA) is 25.2 Å². The molecule has 0 aliphatic heterocycles. The lowest BCUT2D eigenvalue weighted by atomic mass is 10.4. The van der Waals surface area contributed by atoms with Crippen LogP contribution < -0.4 is 0 Å². The predicted molar refractivity (Wildman–Crippen MR) is 48.4 cm³/mol. The summed E-state index contributed by atoms with van der Waals surface area (Å²) in [5, 5.41) is 8.81. The maximum absolute atomic E-state index is 8.81. The average Bonchev–Trinajstić information content (AvgIpc) is 2.30. The first-order chi connectivity index (χ1) is 4.77. The first-order valence-corrected chi connectivity index (χ1v) is 4.10. The molecule has 1 rings (SSSR count). The zero-order chi connectivity index (χ0) is 7.56. The van der Waals surface area contributed by atoms with Crippen LogP contribution in [0.25, 0.3) is 0 Å². The van der Waals surface area contributed by atoms with Gasteiger partial charge in [-0.15, -0.1) is 0 Å². The maximum atomic E-state index is 8.81. The molecule has 55 valence electrons. The largest absolute Gasteiger partial charge is 0.390 e.